The number of ether oxygens (including phenoxy) is 1. The Bertz CT molecular complexity index is 1430. The molecule has 0 fully saturated rings. The van der Waals surface area contributed by atoms with Gasteiger partial charge in [-0.1, -0.05) is 55.5 Å². The maximum absolute atomic E-state index is 13.9. The molecule has 5 rings (SSSR count). The standard InChI is InChI=1S/C29H28N2O3S/c1-4-34-29(33)25-21-15-14-17(2)16-23(21)35-28(25)31-27(32)24-18(3)26(19-10-6-5-7-11-19)30-22-13-9-8-12-20(22)24/h5-13,17H,4,14-16H2,1-3H3,(H,31,32)/t17-/m0/s1. The van der Waals surface area contributed by atoms with Gasteiger partial charge in [0.1, 0.15) is 5.00 Å². The lowest BCUT2D eigenvalue weighted by Gasteiger charge is -2.18. The van der Waals surface area contributed by atoms with E-state index in [4.69, 9.17) is 9.72 Å². The monoisotopic (exact) mass is 484 g/mol. The first-order valence-corrected chi connectivity index (χ1v) is 12.9. The highest BCUT2D eigenvalue weighted by molar-refractivity contribution is 7.17. The van der Waals surface area contributed by atoms with Gasteiger partial charge in [-0.3, -0.25) is 4.79 Å². The Morgan fingerprint density at radius 2 is 1.83 bits per heavy atom. The summed E-state index contributed by atoms with van der Waals surface area (Å²) < 4.78 is 5.38. The molecule has 1 aliphatic rings. The minimum absolute atomic E-state index is 0.240. The van der Waals surface area contributed by atoms with E-state index in [2.05, 4.69) is 12.2 Å². The van der Waals surface area contributed by atoms with Crippen LogP contribution in [-0.2, 0) is 17.6 Å². The first-order valence-electron chi connectivity index (χ1n) is 12.1. The Labute approximate surface area is 209 Å². The van der Waals surface area contributed by atoms with Gasteiger partial charge in [0.2, 0.25) is 0 Å². The van der Waals surface area contributed by atoms with Crippen LogP contribution < -0.4 is 5.32 Å². The van der Waals surface area contributed by atoms with E-state index < -0.39 is 0 Å². The Balaban J connectivity index is 1.62. The fourth-order valence-corrected chi connectivity index (χ4v) is 6.29. The smallest absolute Gasteiger partial charge is 0.341 e. The van der Waals surface area contributed by atoms with Crippen LogP contribution in [-0.4, -0.2) is 23.5 Å². The number of pyridine rings is 1. The molecule has 2 heterocycles. The second-order valence-electron chi connectivity index (χ2n) is 9.07. The molecule has 0 unspecified atom stereocenters. The van der Waals surface area contributed by atoms with Crippen LogP contribution in [0.15, 0.2) is 54.6 Å². The Hall–Kier alpha value is -3.51. The summed E-state index contributed by atoms with van der Waals surface area (Å²) in [5.74, 6) is -0.0498. The van der Waals surface area contributed by atoms with Crippen LogP contribution in [0, 0.1) is 12.8 Å². The zero-order valence-corrected chi connectivity index (χ0v) is 21.0. The lowest BCUT2D eigenvalue weighted by molar-refractivity contribution is 0.0526. The van der Waals surface area contributed by atoms with Gasteiger partial charge in [-0.2, -0.15) is 0 Å². The fraction of sp³-hybridized carbons (Fsp3) is 0.276. The number of amides is 1. The number of anilines is 1. The lowest BCUT2D eigenvalue weighted by atomic mass is 9.88. The van der Waals surface area contributed by atoms with E-state index in [0.717, 1.165) is 52.5 Å². The predicted octanol–water partition coefficient (Wildman–Crippen LogP) is 6.83. The molecule has 2 aromatic carbocycles. The van der Waals surface area contributed by atoms with Gasteiger partial charge in [-0.05, 0) is 56.2 Å². The third-order valence-electron chi connectivity index (χ3n) is 6.63. The van der Waals surface area contributed by atoms with Gasteiger partial charge in [0.05, 0.1) is 28.9 Å². The zero-order valence-electron chi connectivity index (χ0n) is 20.2. The second-order valence-corrected chi connectivity index (χ2v) is 10.2. The first kappa shape index (κ1) is 23.2. The quantitative estimate of drug-likeness (QED) is 0.315. The molecule has 35 heavy (non-hydrogen) atoms. The number of hydrogen-bond acceptors (Lipinski definition) is 5. The first-order chi connectivity index (χ1) is 17.0. The van der Waals surface area contributed by atoms with Gasteiger partial charge in [0, 0.05) is 15.8 Å². The number of aromatic nitrogens is 1. The maximum Gasteiger partial charge on any atom is 0.341 e. The molecule has 1 amide bonds. The molecule has 0 saturated carbocycles. The number of fused-ring (bicyclic) bond motifs is 2. The van der Waals surface area contributed by atoms with Crippen molar-refractivity contribution in [3.63, 3.8) is 0 Å². The van der Waals surface area contributed by atoms with Crippen molar-refractivity contribution < 1.29 is 14.3 Å². The van der Waals surface area contributed by atoms with Crippen LogP contribution in [0.4, 0.5) is 5.00 Å². The van der Waals surface area contributed by atoms with E-state index in [1.54, 1.807) is 6.92 Å². The van der Waals surface area contributed by atoms with E-state index in [9.17, 15) is 9.59 Å². The van der Waals surface area contributed by atoms with Crippen molar-refractivity contribution in [1.29, 1.82) is 0 Å². The van der Waals surface area contributed by atoms with Crippen molar-refractivity contribution in [2.75, 3.05) is 11.9 Å². The van der Waals surface area contributed by atoms with E-state index in [-0.39, 0.29) is 11.9 Å². The van der Waals surface area contributed by atoms with Crippen LogP contribution in [0.2, 0.25) is 0 Å². The van der Waals surface area contributed by atoms with Crippen molar-refractivity contribution in [3.05, 3.63) is 81.7 Å². The van der Waals surface area contributed by atoms with Gasteiger partial charge >= 0.3 is 5.97 Å². The maximum atomic E-state index is 13.9. The van der Waals surface area contributed by atoms with E-state index in [0.29, 0.717) is 28.7 Å². The molecule has 0 aliphatic heterocycles. The number of nitrogens with one attached hydrogen (secondary N) is 1. The number of hydrogen-bond donors (Lipinski definition) is 1. The third-order valence-corrected chi connectivity index (χ3v) is 7.80. The van der Waals surface area contributed by atoms with Gasteiger partial charge in [-0.25, -0.2) is 9.78 Å². The molecule has 178 valence electrons. The third kappa shape index (κ3) is 4.34. The summed E-state index contributed by atoms with van der Waals surface area (Å²) in [4.78, 5) is 32.8. The summed E-state index contributed by atoms with van der Waals surface area (Å²) in [6.07, 6.45) is 2.77. The summed E-state index contributed by atoms with van der Waals surface area (Å²) in [7, 11) is 0. The van der Waals surface area contributed by atoms with Crippen LogP contribution in [0.25, 0.3) is 22.2 Å². The molecule has 4 aromatic rings. The summed E-state index contributed by atoms with van der Waals surface area (Å²) in [5.41, 5.74) is 5.42. The van der Waals surface area contributed by atoms with E-state index in [1.807, 2.05) is 61.5 Å². The van der Waals surface area contributed by atoms with Crippen molar-refractivity contribution >= 4 is 39.1 Å². The Morgan fingerprint density at radius 3 is 2.60 bits per heavy atom. The minimum atomic E-state index is -0.365. The van der Waals surface area contributed by atoms with E-state index >= 15 is 0 Å². The molecule has 0 bridgehead atoms. The molecule has 0 spiro atoms. The molecular weight excluding hydrogens is 456 g/mol. The summed E-state index contributed by atoms with van der Waals surface area (Å²) >= 11 is 1.51. The number of carbonyl (C=O) groups is 2. The molecule has 5 nitrogen and oxygen atoms in total. The number of rotatable bonds is 5. The summed E-state index contributed by atoms with van der Waals surface area (Å²) in [6, 6.07) is 17.6. The molecule has 0 saturated heterocycles. The highest BCUT2D eigenvalue weighted by Crippen LogP contribution is 2.41. The lowest BCUT2D eigenvalue weighted by Crippen LogP contribution is -2.18. The fourth-order valence-electron chi connectivity index (χ4n) is 4.90. The number of para-hydroxylation sites is 1. The summed E-state index contributed by atoms with van der Waals surface area (Å²) in [6.45, 7) is 6.25. The predicted molar refractivity (Wildman–Crippen MR) is 141 cm³/mol. The van der Waals surface area contributed by atoms with Crippen LogP contribution in [0.5, 0.6) is 0 Å². The molecule has 0 radical (unpaired) electrons. The average molecular weight is 485 g/mol. The van der Waals surface area contributed by atoms with Crippen LogP contribution in [0.3, 0.4) is 0 Å². The van der Waals surface area contributed by atoms with Crippen molar-refractivity contribution in [3.8, 4) is 11.3 Å². The van der Waals surface area contributed by atoms with Crippen LogP contribution >= 0.6 is 11.3 Å². The van der Waals surface area contributed by atoms with Crippen molar-refractivity contribution in [2.45, 2.75) is 40.0 Å². The molecular formula is C29H28N2O3S. The largest absolute Gasteiger partial charge is 0.462 e. The molecule has 1 N–H and O–H groups in total. The number of thiophene rings is 1. The topological polar surface area (TPSA) is 68.3 Å². The number of benzene rings is 2. The summed E-state index contributed by atoms with van der Waals surface area (Å²) in [5, 5.41) is 4.47. The highest BCUT2D eigenvalue weighted by Gasteiger charge is 2.30. The average Bonchev–Trinajstić information content (AvgIpc) is 3.21. The number of carbonyl (C=O) groups excluding carboxylic acids is 2. The molecule has 1 atom stereocenters. The highest BCUT2D eigenvalue weighted by atomic mass is 32.1. The molecule has 2 aromatic heterocycles. The van der Waals surface area contributed by atoms with Gasteiger partial charge in [0.25, 0.3) is 5.91 Å². The Kier molecular flexibility index (Phi) is 6.39. The molecule has 6 heteroatoms. The van der Waals surface area contributed by atoms with Gasteiger partial charge in [0.15, 0.2) is 0 Å². The van der Waals surface area contributed by atoms with Crippen molar-refractivity contribution in [1.82, 2.24) is 4.98 Å². The van der Waals surface area contributed by atoms with E-state index in [1.165, 1.54) is 16.2 Å². The van der Waals surface area contributed by atoms with Crippen molar-refractivity contribution in [2.24, 2.45) is 5.92 Å². The number of esters is 1. The second kappa shape index (κ2) is 9.62. The SMILES string of the molecule is CCOC(=O)c1c(NC(=O)c2c(C)c(-c3ccccc3)nc3ccccc23)sc2c1CC[C@H](C)C2. The van der Waals surface area contributed by atoms with Gasteiger partial charge < -0.3 is 10.1 Å². The van der Waals surface area contributed by atoms with Crippen LogP contribution in [0.1, 0.15) is 57.0 Å². The normalized spacial score (nSPS) is 15.0. The zero-order chi connectivity index (χ0) is 24.5. The van der Waals surface area contributed by atoms with Gasteiger partial charge in [-0.15, -0.1) is 11.3 Å². The Morgan fingerprint density at radius 1 is 1.09 bits per heavy atom. The number of nitrogens with zero attached hydrogens (tertiary/aromatic N) is 1. The minimum Gasteiger partial charge on any atom is -0.462 e. The molecule has 1 aliphatic carbocycles.